The topological polar surface area (TPSA) is 50.1 Å². The van der Waals surface area contributed by atoms with Gasteiger partial charge in [0, 0.05) is 23.8 Å². The molecule has 0 saturated heterocycles. The van der Waals surface area contributed by atoms with Crippen molar-refractivity contribution in [1.82, 2.24) is 15.1 Å². The van der Waals surface area contributed by atoms with Crippen LogP contribution in [0.1, 0.15) is 42.3 Å². The quantitative estimate of drug-likeness (QED) is 0.827. The number of aromatic nitrogens is 2. The Bertz CT molecular complexity index is 592. The molecule has 0 radical (unpaired) electrons. The Labute approximate surface area is 133 Å². The Morgan fingerprint density at radius 3 is 2.50 bits per heavy atom. The molecular weight excluding hydrogens is 274 g/mol. The van der Waals surface area contributed by atoms with E-state index in [0.717, 1.165) is 17.9 Å². The van der Waals surface area contributed by atoms with Crippen LogP contribution in [0.25, 0.3) is 0 Å². The van der Waals surface area contributed by atoms with Crippen molar-refractivity contribution in [2.75, 3.05) is 6.61 Å². The molecule has 120 valence electrons. The molecule has 4 nitrogen and oxygen atoms in total. The highest BCUT2D eigenvalue weighted by Gasteiger charge is 2.16. The average Bonchev–Trinajstić information content (AvgIpc) is 2.79. The molecule has 0 aliphatic carbocycles. The van der Waals surface area contributed by atoms with E-state index in [9.17, 15) is 0 Å². The summed E-state index contributed by atoms with van der Waals surface area (Å²) in [7, 11) is 0. The van der Waals surface area contributed by atoms with Crippen LogP contribution in [0, 0.1) is 13.8 Å². The summed E-state index contributed by atoms with van der Waals surface area (Å²) in [6.07, 6.45) is 0. The lowest BCUT2D eigenvalue weighted by Gasteiger charge is -2.22. The zero-order chi connectivity index (χ0) is 16.1. The third-order valence-electron chi connectivity index (χ3n) is 4.52. The zero-order valence-corrected chi connectivity index (χ0v) is 14.0. The Morgan fingerprint density at radius 1 is 1.18 bits per heavy atom. The van der Waals surface area contributed by atoms with Gasteiger partial charge >= 0.3 is 0 Å². The van der Waals surface area contributed by atoms with Crippen LogP contribution in [0.3, 0.4) is 0 Å². The number of benzene rings is 1. The van der Waals surface area contributed by atoms with Crippen LogP contribution < -0.4 is 5.32 Å². The molecule has 2 aromatic rings. The molecule has 2 N–H and O–H groups in total. The normalized spacial score (nSPS) is 14.0. The fourth-order valence-corrected chi connectivity index (χ4v) is 2.79. The number of rotatable bonds is 7. The molecule has 2 atom stereocenters. The van der Waals surface area contributed by atoms with E-state index in [1.165, 1.54) is 11.1 Å². The third-order valence-corrected chi connectivity index (χ3v) is 4.52. The minimum Gasteiger partial charge on any atom is -0.394 e. The molecule has 0 saturated carbocycles. The minimum absolute atomic E-state index is 0.121. The van der Waals surface area contributed by atoms with E-state index in [0.29, 0.717) is 18.5 Å². The number of nitrogens with zero attached hydrogens (tertiary/aromatic N) is 2. The molecule has 2 unspecified atom stereocenters. The van der Waals surface area contributed by atoms with Crippen molar-refractivity contribution in [3.8, 4) is 0 Å². The SMILES string of the molecule is Cc1nn(CCO)c(C)c1CNC(C)C(C)c1ccccc1. The highest BCUT2D eigenvalue weighted by molar-refractivity contribution is 5.25. The second-order valence-corrected chi connectivity index (χ2v) is 5.97. The molecular formula is C18H27N3O. The summed E-state index contributed by atoms with van der Waals surface area (Å²) >= 11 is 0. The number of hydrogen-bond acceptors (Lipinski definition) is 3. The van der Waals surface area contributed by atoms with Gasteiger partial charge in [0.25, 0.3) is 0 Å². The van der Waals surface area contributed by atoms with Crippen LogP contribution in [-0.4, -0.2) is 27.5 Å². The smallest absolute Gasteiger partial charge is 0.0644 e. The summed E-state index contributed by atoms with van der Waals surface area (Å²) in [5.74, 6) is 0.453. The molecule has 0 aliphatic rings. The van der Waals surface area contributed by atoms with Gasteiger partial charge in [-0.1, -0.05) is 37.3 Å². The Kier molecular flexibility index (Phi) is 5.75. The van der Waals surface area contributed by atoms with E-state index in [4.69, 9.17) is 5.11 Å². The number of nitrogens with one attached hydrogen (secondary N) is 1. The molecule has 0 bridgehead atoms. The monoisotopic (exact) mass is 301 g/mol. The molecule has 1 aromatic heterocycles. The standard InChI is InChI=1S/C18H27N3O/c1-13(17-8-6-5-7-9-17)14(2)19-12-18-15(3)20-21(10-11-22)16(18)4/h5-9,13-14,19,22H,10-12H2,1-4H3. The molecule has 22 heavy (non-hydrogen) atoms. The largest absolute Gasteiger partial charge is 0.394 e. The van der Waals surface area contributed by atoms with Gasteiger partial charge in [0.1, 0.15) is 0 Å². The number of aliphatic hydroxyl groups is 1. The molecule has 0 fully saturated rings. The highest BCUT2D eigenvalue weighted by Crippen LogP contribution is 2.20. The molecule has 1 aromatic carbocycles. The summed E-state index contributed by atoms with van der Waals surface area (Å²) in [5, 5.41) is 17.2. The van der Waals surface area contributed by atoms with Crippen LogP contribution in [0.4, 0.5) is 0 Å². The second-order valence-electron chi connectivity index (χ2n) is 5.97. The fraction of sp³-hybridized carbons (Fsp3) is 0.500. The van der Waals surface area contributed by atoms with Crippen LogP contribution in [-0.2, 0) is 13.1 Å². The van der Waals surface area contributed by atoms with Crippen LogP contribution >= 0.6 is 0 Å². The second kappa shape index (κ2) is 7.56. The highest BCUT2D eigenvalue weighted by atomic mass is 16.3. The molecule has 0 spiro atoms. The summed E-state index contributed by atoms with van der Waals surface area (Å²) in [6, 6.07) is 11.0. The third kappa shape index (κ3) is 3.76. The van der Waals surface area contributed by atoms with Gasteiger partial charge in [-0.15, -0.1) is 0 Å². The fourth-order valence-electron chi connectivity index (χ4n) is 2.79. The first kappa shape index (κ1) is 16.7. The van der Waals surface area contributed by atoms with Gasteiger partial charge in [0.05, 0.1) is 18.8 Å². The zero-order valence-electron chi connectivity index (χ0n) is 14.0. The van der Waals surface area contributed by atoms with E-state index in [1.807, 2.05) is 11.6 Å². The van der Waals surface area contributed by atoms with Gasteiger partial charge < -0.3 is 10.4 Å². The maximum atomic E-state index is 9.08. The maximum Gasteiger partial charge on any atom is 0.0644 e. The summed E-state index contributed by atoms with van der Waals surface area (Å²) in [4.78, 5) is 0. The molecule has 1 heterocycles. The van der Waals surface area contributed by atoms with Crippen molar-refractivity contribution in [2.24, 2.45) is 0 Å². The van der Waals surface area contributed by atoms with E-state index in [1.54, 1.807) is 0 Å². The minimum atomic E-state index is 0.121. The van der Waals surface area contributed by atoms with Crippen molar-refractivity contribution in [1.29, 1.82) is 0 Å². The molecule has 4 heteroatoms. The van der Waals surface area contributed by atoms with E-state index in [-0.39, 0.29) is 6.61 Å². The van der Waals surface area contributed by atoms with Gasteiger partial charge in [-0.25, -0.2) is 0 Å². The Morgan fingerprint density at radius 2 is 1.86 bits per heavy atom. The van der Waals surface area contributed by atoms with Gasteiger partial charge in [0.15, 0.2) is 0 Å². The lowest BCUT2D eigenvalue weighted by Crippen LogP contribution is -2.30. The predicted molar refractivity (Wildman–Crippen MR) is 89.9 cm³/mol. The first-order chi connectivity index (χ1) is 10.5. The van der Waals surface area contributed by atoms with Gasteiger partial charge in [-0.2, -0.15) is 5.10 Å². The lowest BCUT2D eigenvalue weighted by molar-refractivity contribution is 0.267. The van der Waals surface area contributed by atoms with Crippen molar-refractivity contribution in [3.05, 3.63) is 52.8 Å². The van der Waals surface area contributed by atoms with Crippen molar-refractivity contribution >= 4 is 0 Å². The first-order valence-corrected chi connectivity index (χ1v) is 7.96. The number of aryl methyl sites for hydroxylation is 1. The number of hydrogen-bond donors (Lipinski definition) is 2. The molecule has 0 aliphatic heterocycles. The maximum absolute atomic E-state index is 9.08. The molecule has 2 rings (SSSR count). The van der Waals surface area contributed by atoms with Crippen LogP contribution in [0.2, 0.25) is 0 Å². The van der Waals surface area contributed by atoms with E-state index >= 15 is 0 Å². The average molecular weight is 301 g/mol. The summed E-state index contributed by atoms with van der Waals surface area (Å²) < 4.78 is 1.89. The van der Waals surface area contributed by atoms with Crippen LogP contribution in [0.15, 0.2) is 30.3 Å². The van der Waals surface area contributed by atoms with Crippen molar-refractivity contribution in [2.45, 2.75) is 52.7 Å². The Balaban J connectivity index is 2.01. The predicted octanol–water partition coefficient (Wildman–Crippen LogP) is 2.77. The van der Waals surface area contributed by atoms with E-state index < -0.39 is 0 Å². The first-order valence-electron chi connectivity index (χ1n) is 7.96. The summed E-state index contributed by atoms with van der Waals surface area (Å²) in [6.45, 7) is 10.1. The van der Waals surface area contributed by atoms with Gasteiger partial charge in [-0.05, 0) is 32.3 Å². The van der Waals surface area contributed by atoms with Crippen molar-refractivity contribution in [3.63, 3.8) is 0 Å². The summed E-state index contributed by atoms with van der Waals surface area (Å²) in [5.41, 5.74) is 4.77. The van der Waals surface area contributed by atoms with Gasteiger partial charge in [-0.3, -0.25) is 4.68 Å². The Hall–Kier alpha value is -1.65. The van der Waals surface area contributed by atoms with Gasteiger partial charge in [0.2, 0.25) is 0 Å². The van der Waals surface area contributed by atoms with Crippen molar-refractivity contribution < 1.29 is 5.11 Å². The van der Waals surface area contributed by atoms with E-state index in [2.05, 4.69) is 61.5 Å². The molecule has 0 amide bonds. The van der Waals surface area contributed by atoms with Crippen LogP contribution in [0.5, 0.6) is 0 Å². The number of aliphatic hydroxyl groups excluding tert-OH is 1. The lowest BCUT2D eigenvalue weighted by atomic mass is 9.94.